The van der Waals surface area contributed by atoms with Crippen molar-refractivity contribution in [2.45, 2.75) is 13.8 Å². The minimum absolute atomic E-state index is 0.282. The smallest absolute Gasteiger partial charge is 0.229 e. The summed E-state index contributed by atoms with van der Waals surface area (Å²) in [6, 6.07) is 15.5. The number of ether oxygens (including phenoxy) is 3. The Morgan fingerprint density at radius 1 is 0.789 bits per heavy atom. The van der Waals surface area contributed by atoms with E-state index in [2.05, 4.69) is 42.5 Å². The van der Waals surface area contributed by atoms with E-state index < -0.39 is 0 Å². The molecule has 10 nitrogen and oxygen atoms in total. The number of aromatic nitrogens is 2. The highest BCUT2D eigenvalue weighted by Gasteiger charge is 2.22. The number of hydrogen-bond donors (Lipinski definition) is 2. The number of thiocarbonyl (C=S) groups is 1. The molecule has 2 aromatic carbocycles. The van der Waals surface area contributed by atoms with Gasteiger partial charge >= 0.3 is 0 Å². The number of aryl methyl sites for hydroxylation is 2. The fourth-order valence-electron chi connectivity index (χ4n) is 4.16. The number of aliphatic imine (C=N–C) groups is 1. The van der Waals surface area contributed by atoms with E-state index in [1.807, 2.05) is 44.2 Å². The number of hydrogen-bond acceptors (Lipinski definition) is 7. The van der Waals surface area contributed by atoms with Gasteiger partial charge in [0, 0.05) is 67.1 Å². The molecule has 0 amide bonds. The van der Waals surface area contributed by atoms with Gasteiger partial charge in [0.1, 0.15) is 17.2 Å². The van der Waals surface area contributed by atoms with Gasteiger partial charge in [-0.1, -0.05) is 0 Å². The number of piperazine rings is 1. The third-order valence-electron chi connectivity index (χ3n) is 6.03. The van der Waals surface area contributed by atoms with Crippen molar-refractivity contribution in [3.63, 3.8) is 0 Å². The molecule has 1 aliphatic rings. The molecule has 1 aromatic heterocycles. The van der Waals surface area contributed by atoms with Crippen LogP contribution in [0, 0.1) is 13.8 Å². The molecule has 2 heterocycles. The fourth-order valence-corrected chi connectivity index (χ4v) is 4.36. The second kappa shape index (κ2) is 12.4. The number of benzene rings is 2. The third-order valence-corrected chi connectivity index (χ3v) is 6.23. The lowest BCUT2D eigenvalue weighted by Crippen LogP contribution is -2.51. The van der Waals surface area contributed by atoms with E-state index in [-0.39, 0.29) is 5.11 Å². The zero-order chi connectivity index (χ0) is 27.1. The molecule has 38 heavy (non-hydrogen) atoms. The van der Waals surface area contributed by atoms with Gasteiger partial charge in [-0.15, -0.1) is 0 Å². The van der Waals surface area contributed by atoms with Crippen molar-refractivity contribution >= 4 is 40.6 Å². The summed E-state index contributed by atoms with van der Waals surface area (Å²) in [6.45, 7) is 6.97. The predicted octanol–water partition coefficient (Wildman–Crippen LogP) is 4.11. The quantitative estimate of drug-likeness (QED) is 0.273. The topological polar surface area (TPSA) is 96.4 Å². The molecule has 1 aliphatic heterocycles. The third kappa shape index (κ3) is 7.00. The molecule has 11 heteroatoms. The van der Waals surface area contributed by atoms with Crippen molar-refractivity contribution in [2.75, 3.05) is 63.0 Å². The Balaban J connectivity index is 1.54. The lowest BCUT2D eigenvalue weighted by Gasteiger charge is -2.37. The van der Waals surface area contributed by atoms with Crippen molar-refractivity contribution in [3.8, 4) is 17.2 Å². The van der Waals surface area contributed by atoms with Gasteiger partial charge in [-0.3, -0.25) is 5.32 Å². The van der Waals surface area contributed by atoms with Crippen LogP contribution < -0.4 is 29.7 Å². The van der Waals surface area contributed by atoms with Gasteiger partial charge in [0.15, 0.2) is 0 Å². The number of rotatable bonds is 6. The standard InChI is InChI=1S/C27H33N7O3S/c1-18-14-19(2)29-25(28-18)31-26(32-27(38)30-20-15-23(36-4)17-24(16-20)37-5)34-12-10-33(11-13-34)21-6-8-22(35-3)9-7-21/h6-9,14-17H,10-13H2,1-5H3,(H2,28,29,30,31,32,38). The second-order valence-corrected chi connectivity index (χ2v) is 9.13. The van der Waals surface area contributed by atoms with Gasteiger partial charge < -0.3 is 29.3 Å². The van der Waals surface area contributed by atoms with Crippen LogP contribution in [0.5, 0.6) is 17.2 Å². The maximum Gasteiger partial charge on any atom is 0.229 e. The van der Waals surface area contributed by atoms with E-state index in [0.29, 0.717) is 29.1 Å². The Kier molecular flexibility index (Phi) is 8.80. The number of nitrogens with zero attached hydrogens (tertiary/aromatic N) is 5. The van der Waals surface area contributed by atoms with E-state index in [9.17, 15) is 0 Å². The minimum atomic E-state index is 0.282. The highest BCUT2D eigenvalue weighted by Crippen LogP contribution is 2.26. The van der Waals surface area contributed by atoms with E-state index in [4.69, 9.17) is 31.4 Å². The van der Waals surface area contributed by atoms with E-state index in [0.717, 1.165) is 49.0 Å². The summed E-state index contributed by atoms with van der Waals surface area (Å²) in [7, 11) is 4.88. The van der Waals surface area contributed by atoms with Gasteiger partial charge in [-0.2, -0.15) is 4.99 Å². The number of guanidine groups is 1. The van der Waals surface area contributed by atoms with Crippen LogP contribution in [0.2, 0.25) is 0 Å². The molecule has 1 fully saturated rings. The number of methoxy groups -OCH3 is 3. The summed E-state index contributed by atoms with van der Waals surface area (Å²) in [5.74, 6) is 3.20. The minimum Gasteiger partial charge on any atom is -0.497 e. The molecule has 0 atom stereocenters. The van der Waals surface area contributed by atoms with Crippen LogP contribution in [0.15, 0.2) is 53.5 Å². The zero-order valence-corrected chi connectivity index (χ0v) is 23.1. The molecular formula is C27H33N7O3S. The Bertz CT molecular complexity index is 1250. The van der Waals surface area contributed by atoms with Crippen molar-refractivity contribution in [3.05, 3.63) is 59.9 Å². The Labute approximate surface area is 228 Å². The lowest BCUT2D eigenvalue weighted by atomic mass is 10.2. The van der Waals surface area contributed by atoms with E-state index >= 15 is 0 Å². The number of anilines is 3. The van der Waals surface area contributed by atoms with Crippen molar-refractivity contribution < 1.29 is 14.2 Å². The van der Waals surface area contributed by atoms with Crippen LogP contribution in [-0.4, -0.2) is 73.4 Å². The van der Waals surface area contributed by atoms with Gasteiger partial charge in [0.05, 0.1) is 21.3 Å². The first-order valence-electron chi connectivity index (χ1n) is 12.2. The maximum atomic E-state index is 5.62. The maximum absolute atomic E-state index is 5.62. The molecule has 0 spiro atoms. The van der Waals surface area contributed by atoms with Gasteiger partial charge in [0.25, 0.3) is 0 Å². The highest BCUT2D eigenvalue weighted by molar-refractivity contribution is 7.80. The largest absolute Gasteiger partial charge is 0.497 e. The van der Waals surface area contributed by atoms with Crippen molar-refractivity contribution in [1.82, 2.24) is 14.9 Å². The molecule has 0 bridgehead atoms. The first kappa shape index (κ1) is 26.9. The van der Waals surface area contributed by atoms with Gasteiger partial charge in [-0.05, 0) is 56.4 Å². The summed E-state index contributed by atoms with van der Waals surface area (Å²) in [5, 5.41) is 6.75. The summed E-state index contributed by atoms with van der Waals surface area (Å²) in [4.78, 5) is 18.3. The van der Waals surface area contributed by atoms with E-state index in [1.165, 1.54) is 0 Å². The van der Waals surface area contributed by atoms with Crippen molar-refractivity contribution in [2.24, 2.45) is 4.99 Å². The molecule has 200 valence electrons. The van der Waals surface area contributed by atoms with Gasteiger partial charge in [-0.25, -0.2) is 9.97 Å². The van der Waals surface area contributed by atoms with Crippen LogP contribution >= 0.6 is 12.2 Å². The summed E-state index contributed by atoms with van der Waals surface area (Å²) in [6.07, 6.45) is 0. The lowest BCUT2D eigenvalue weighted by molar-refractivity contribution is 0.385. The summed E-state index contributed by atoms with van der Waals surface area (Å²) < 4.78 is 16.0. The van der Waals surface area contributed by atoms with Crippen LogP contribution in [-0.2, 0) is 0 Å². The van der Waals surface area contributed by atoms with Crippen LogP contribution in [0.4, 0.5) is 17.3 Å². The first-order valence-corrected chi connectivity index (χ1v) is 12.6. The molecule has 0 unspecified atom stereocenters. The van der Waals surface area contributed by atoms with Crippen LogP contribution in [0.1, 0.15) is 11.4 Å². The van der Waals surface area contributed by atoms with Crippen molar-refractivity contribution in [1.29, 1.82) is 0 Å². The Morgan fingerprint density at radius 2 is 1.37 bits per heavy atom. The average molecular weight is 536 g/mol. The normalized spacial score (nSPS) is 13.7. The molecule has 0 saturated carbocycles. The molecule has 0 radical (unpaired) electrons. The molecule has 0 aliphatic carbocycles. The Morgan fingerprint density at radius 3 is 1.92 bits per heavy atom. The average Bonchev–Trinajstić information content (AvgIpc) is 2.92. The molecule has 2 N–H and O–H groups in total. The first-order chi connectivity index (χ1) is 18.4. The van der Waals surface area contributed by atoms with Crippen LogP contribution in [0.3, 0.4) is 0 Å². The van der Waals surface area contributed by atoms with Crippen LogP contribution in [0.25, 0.3) is 0 Å². The monoisotopic (exact) mass is 535 g/mol. The molecular weight excluding hydrogens is 502 g/mol. The summed E-state index contributed by atoms with van der Waals surface area (Å²) in [5.41, 5.74) is 3.60. The fraction of sp³-hybridized carbons (Fsp3) is 0.333. The highest BCUT2D eigenvalue weighted by atomic mass is 32.1. The number of nitrogens with one attached hydrogen (secondary N) is 2. The second-order valence-electron chi connectivity index (χ2n) is 8.74. The van der Waals surface area contributed by atoms with E-state index in [1.54, 1.807) is 27.4 Å². The Hall–Kier alpha value is -4.12. The SMILES string of the molecule is COc1ccc(N2CCN(/C(=N\C(=S)Nc3cc(OC)cc(OC)c3)Nc3nc(C)cc(C)n3)CC2)cc1. The molecule has 3 aromatic rings. The zero-order valence-electron chi connectivity index (χ0n) is 22.3. The predicted molar refractivity (Wildman–Crippen MR) is 155 cm³/mol. The van der Waals surface area contributed by atoms with Gasteiger partial charge in [0.2, 0.25) is 17.0 Å². The summed E-state index contributed by atoms with van der Waals surface area (Å²) >= 11 is 5.62. The molecule has 4 rings (SSSR count). The molecule has 1 saturated heterocycles.